The van der Waals surface area contributed by atoms with Crippen LogP contribution in [0.15, 0.2) is 48.7 Å². The van der Waals surface area contributed by atoms with Crippen molar-refractivity contribution in [2.45, 2.75) is 6.42 Å². The van der Waals surface area contributed by atoms with Crippen molar-refractivity contribution < 1.29 is 13.9 Å². The highest BCUT2D eigenvalue weighted by Gasteiger charge is 2.17. The van der Waals surface area contributed by atoms with Gasteiger partial charge in [-0.25, -0.2) is 9.37 Å². The average molecular weight is 453 g/mol. The van der Waals surface area contributed by atoms with Crippen molar-refractivity contribution in [3.8, 4) is 17.0 Å². The number of rotatable bonds is 5. The molecule has 8 heteroatoms. The Bertz CT molecular complexity index is 1270. The molecule has 1 aliphatic heterocycles. The van der Waals surface area contributed by atoms with Gasteiger partial charge in [-0.3, -0.25) is 5.10 Å². The van der Waals surface area contributed by atoms with E-state index in [1.54, 1.807) is 18.3 Å². The number of methoxy groups -OCH3 is 1. The lowest BCUT2D eigenvalue weighted by molar-refractivity contribution is 0.122. The maximum Gasteiger partial charge on any atom is 0.181 e. The van der Waals surface area contributed by atoms with Crippen LogP contribution >= 0.6 is 11.6 Å². The van der Waals surface area contributed by atoms with E-state index in [1.807, 2.05) is 12.1 Å². The standard InChI is InChI=1S/C24H22ClFN4O2/c1-31-23-17(3-2-4-20(23)26)22-18-12-16(14-27-24(18)29-28-22)11-15-5-6-21(19(25)13-15)30-7-9-32-10-8-30/h2-6,12-14H,7-11H2,1H3,(H,27,28,29). The van der Waals surface area contributed by atoms with Crippen molar-refractivity contribution in [2.24, 2.45) is 0 Å². The Kier molecular flexibility index (Phi) is 5.68. The number of nitrogens with zero attached hydrogens (tertiary/aromatic N) is 3. The normalized spacial score (nSPS) is 14.2. The second-order valence-corrected chi connectivity index (χ2v) is 8.10. The van der Waals surface area contributed by atoms with Gasteiger partial charge in [0.05, 0.1) is 36.7 Å². The van der Waals surface area contributed by atoms with Crippen molar-refractivity contribution in [1.82, 2.24) is 15.2 Å². The third kappa shape index (κ3) is 3.89. The monoisotopic (exact) mass is 452 g/mol. The molecule has 3 heterocycles. The molecule has 0 bridgehead atoms. The molecular formula is C24H22ClFN4O2. The fraction of sp³-hybridized carbons (Fsp3) is 0.250. The number of H-pyrrole nitrogens is 1. The zero-order valence-electron chi connectivity index (χ0n) is 17.6. The summed E-state index contributed by atoms with van der Waals surface area (Å²) in [7, 11) is 1.45. The zero-order valence-corrected chi connectivity index (χ0v) is 18.3. The molecule has 1 aliphatic rings. The van der Waals surface area contributed by atoms with Gasteiger partial charge in [0.25, 0.3) is 0 Å². The highest BCUT2D eigenvalue weighted by molar-refractivity contribution is 6.33. The Morgan fingerprint density at radius 2 is 2.00 bits per heavy atom. The van der Waals surface area contributed by atoms with Gasteiger partial charge in [-0.15, -0.1) is 0 Å². The molecule has 2 aromatic carbocycles. The first kappa shape index (κ1) is 20.7. The van der Waals surface area contributed by atoms with E-state index in [-0.39, 0.29) is 5.75 Å². The Morgan fingerprint density at radius 1 is 1.16 bits per heavy atom. The number of aromatic amines is 1. The van der Waals surface area contributed by atoms with Crippen LogP contribution in [-0.4, -0.2) is 48.6 Å². The van der Waals surface area contributed by atoms with Crippen molar-refractivity contribution in [2.75, 3.05) is 38.3 Å². The third-order valence-corrected chi connectivity index (χ3v) is 5.98. The van der Waals surface area contributed by atoms with Gasteiger partial charge in [0.2, 0.25) is 0 Å². The molecule has 1 N–H and O–H groups in total. The molecule has 0 atom stereocenters. The number of halogens is 2. The maximum absolute atomic E-state index is 14.2. The molecule has 1 saturated heterocycles. The minimum Gasteiger partial charge on any atom is -0.493 e. The molecule has 0 unspecified atom stereocenters. The molecule has 164 valence electrons. The fourth-order valence-electron chi connectivity index (χ4n) is 4.11. The number of para-hydroxylation sites is 1. The molecule has 5 rings (SSSR count). The summed E-state index contributed by atoms with van der Waals surface area (Å²) in [6.45, 7) is 3.11. The predicted octanol–water partition coefficient (Wildman–Crippen LogP) is 4.85. The molecule has 2 aromatic heterocycles. The van der Waals surface area contributed by atoms with Gasteiger partial charge in [0.15, 0.2) is 17.2 Å². The number of hydrogen-bond donors (Lipinski definition) is 1. The van der Waals surface area contributed by atoms with Gasteiger partial charge < -0.3 is 14.4 Å². The lowest BCUT2D eigenvalue weighted by Gasteiger charge is -2.29. The first-order valence-corrected chi connectivity index (χ1v) is 10.8. The first-order chi connectivity index (χ1) is 15.6. The SMILES string of the molecule is COc1c(F)cccc1-c1[nH]nc2ncc(Cc3ccc(N4CCOCC4)c(Cl)c3)cc12. The summed E-state index contributed by atoms with van der Waals surface area (Å²) in [4.78, 5) is 6.73. The molecule has 0 aliphatic carbocycles. The molecule has 6 nitrogen and oxygen atoms in total. The Hall–Kier alpha value is -3.16. The quantitative estimate of drug-likeness (QED) is 0.469. The lowest BCUT2D eigenvalue weighted by Crippen LogP contribution is -2.36. The van der Waals surface area contributed by atoms with Crippen molar-refractivity contribution >= 4 is 28.3 Å². The number of hydrogen-bond acceptors (Lipinski definition) is 5. The van der Waals surface area contributed by atoms with Crippen LogP contribution in [0.25, 0.3) is 22.3 Å². The van der Waals surface area contributed by atoms with Crippen LogP contribution in [0.2, 0.25) is 5.02 Å². The van der Waals surface area contributed by atoms with E-state index in [2.05, 4.69) is 32.2 Å². The summed E-state index contributed by atoms with van der Waals surface area (Å²) in [6, 6.07) is 13.0. The Morgan fingerprint density at radius 3 is 2.78 bits per heavy atom. The van der Waals surface area contributed by atoms with Crippen molar-refractivity contribution in [3.63, 3.8) is 0 Å². The number of pyridine rings is 1. The van der Waals surface area contributed by atoms with E-state index in [1.165, 1.54) is 13.2 Å². The summed E-state index contributed by atoms with van der Waals surface area (Å²) in [6.07, 6.45) is 2.47. The topological polar surface area (TPSA) is 63.3 Å². The zero-order chi connectivity index (χ0) is 22.1. The number of nitrogens with one attached hydrogen (secondary N) is 1. The highest BCUT2D eigenvalue weighted by Crippen LogP contribution is 2.35. The van der Waals surface area contributed by atoms with Crippen LogP contribution in [0.4, 0.5) is 10.1 Å². The summed E-state index contributed by atoms with van der Waals surface area (Å²) in [5.74, 6) is -0.249. The van der Waals surface area contributed by atoms with E-state index in [0.717, 1.165) is 40.3 Å². The van der Waals surface area contributed by atoms with E-state index >= 15 is 0 Å². The van der Waals surface area contributed by atoms with Gasteiger partial charge in [0.1, 0.15) is 0 Å². The first-order valence-electron chi connectivity index (χ1n) is 10.4. The number of aromatic nitrogens is 3. The molecule has 0 amide bonds. The maximum atomic E-state index is 14.2. The van der Waals surface area contributed by atoms with Crippen LogP contribution in [0, 0.1) is 5.82 Å². The number of anilines is 1. The van der Waals surface area contributed by atoms with Crippen molar-refractivity contribution in [3.05, 3.63) is 70.6 Å². The molecule has 0 saturated carbocycles. The highest BCUT2D eigenvalue weighted by atomic mass is 35.5. The number of ether oxygens (including phenoxy) is 2. The molecule has 0 radical (unpaired) electrons. The molecule has 32 heavy (non-hydrogen) atoms. The number of fused-ring (bicyclic) bond motifs is 1. The minimum absolute atomic E-state index is 0.175. The average Bonchev–Trinajstić information content (AvgIpc) is 3.23. The van der Waals surface area contributed by atoms with E-state index in [4.69, 9.17) is 21.1 Å². The molecule has 4 aromatic rings. The second kappa shape index (κ2) is 8.76. The van der Waals surface area contributed by atoms with Gasteiger partial charge >= 0.3 is 0 Å². The summed E-state index contributed by atoms with van der Waals surface area (Å²) in [5.41, 5.74) is 4.96. The van der Waals surface area contributed by atoms with Gasteiger partial charge in [-0.05, 0) is 47.9 Å². The second-order valence-electron chi connectivity index (χ2n) is 7.70. The summed E-state index contributed by atoms with van der Waals surface area (Å²) in [5, 5.41) is 8.79. The molecule has 0 spiro atoms. The van der Waals surface area contributed by atoms with Gasteiger partial charge in [0, 0.05) is 30.2 Å². The van der Waals surface area contributed by atoms with Crippen LogP contribution in [0.5, 0.6) is 5.75 Å². The van der Waals surface area contributed by atoms with E-state index in [0.29, 0.717) is 36.5 Å². The molecule has 1 fully saturated rings. The fourth-order valence-corrected chi connectivity index (χ4v) is 4.44. The smallest absolute Gasteiger partial charge is 0.181 e. The van der Waals surface area contributed by atoms with Gasteiger partial charge in [-0.1, -0.05) is 23.7 Å². The molecular weight excluding hydrogens is 431 g/mol. The van der Waals surface area contributed by atoms with Crippen molar-refractivity contribution in [1.29, 1.82) is 0 Å². The van der Waals surface area contributed by atoms with E-state index < -0.39 is 5.82 Å². The minimum atomic E-state index is -0.424. The van der Waals surface area contributed by atoms with Crippen LogP contribution in [0.1, 0.15) is 11.1 Å². The predicted molar refractivity (Wildman–Crippen MR) is 123 cm³/mol. The number of benzene rings is 2. The number of morpholine rings is 1. The Balaban J connectivity index is 1.45. The van der Waals surface area contributed by atoms with Gasteiger partial charge in [-0.2, -0.15) is 5.10 Å². The van der Waals surface area contributed by atoms with E-state index in [9.17, 15) is 4.39 Å². The Labute approximate surface area is 189 Å². The van der Waals surface area contributed by atoms with Crippen LogP contribution in [-0.2, 0) is 11.2 Å². The summed E-state index contributed by atoms with van der Waals surface area (Å²) < 4.78 is 24.9. The van der Waals surface area contributed by atoms with Crippen LogP contribution in [0.3, 0.4) is 0 Å². The lowest BCUT2D eigenvalue weighted by atomic mass is 10.0. The largest absolute Gasteiger partial charge is 0.493 e. The summed E-state index contributed by atoms with van der Waals surface area (Å²) >= 11 is 6.60. The van der Waals surface area contributed by atoms with Crippen LogP contribution < -0.4 is 9.64 Å². The third-order valence-electron chi connectivity index (χ3n) is 5.68.